The van der Waals surface area contributed by atoms with Gasteiger partial charge in [0.15, 0.2) is 0 Å². The number of nitrogens with one attached hydrogen (secondary N) is 1. The second kappa shape index (κ2) is 6.69. The molecule has 0 aromatic heterocycles. The first-order chi connectivity index (χ1) is 7.58. The van der Waals surface area contributed by atoms with E-state index in [1.165, 1.54) is 5.56 Å². The molecule has 16 heavy (non-hydrogen) atoms. The van der Waals surface area contributed by atoms with Crippen molar-refractivity contribution >= 4 is 21.8 Å². The maximum atomic E-state index is 11.6. The smallest absolute Gasteiger partial charge is 0.224 e. The minimum Gasteiger partial charge on any atom is -0.356 e. The maximum absolute atomic E-state index is 11.6. The van der Waals surface area contributed by atoms with Crippen molar-refractivity contribution in [3.8, 4) is 0 Å². The van der Waals surface area contributed by atoms with Gasteiger partial charge in [-0.05, 0) is 18.9 Å². The molecule has 0 spiro atoms. The number of carbonyl (C=O) groups is 1. The summed E-state index contributed by atoms with van der Waals surface area (Å²) in [5.41, 5.74) is 2.27. The van der Waals surface area contributed by atoms with Crippen LogP contribution in [0.1, 0.15) is 24.5 Å². The summed E-state index contributed by atoms with van der Waals surface area (Å²) >= 11 is 3.45. The Morgan fingerprint density at radius 1 is 1.50 bits per heavy atom. The van der Waals surface area contributed by atoms with Gasteiger partial charge in [-0.25, -0.2) is 0 Å². The lowest BCUT2D eigenvalue weighted by molar-refractivity contribution is -0.120. The topological polar surface area (TPSA) is 29.1 Å². The number of benzene rings is 1. The van der Waals surface area contributed by atoms with Crippen molar-refractivity contribution in [3.05, 3.63) is 35.4 Å². The fourth-order valence-corrected chi connectivity index (χ4v) is 1.71. The molecular formula is C13H18BrNO. The summed E-state index contributed by atoms with van der Waals surface area (Å²) < 4.78 is 0. The summed E-state index contributed by atoms with van der Waals surface area (Å²) in [6.07, 6.45) is 1.43. The van der Waals surface area contributed by atoms with E-state index in [0.29, 0.717) is 11.2 Å². The van der Waals surface area contributed by atoms with Gasteiger partial charge in [0.05, 0.1) is 6.42 Å². The molecule has 0 aliphatic heterocycles. The number of rotatable bonds is 5. The van der Waals surface area contributed by atoms with Crippen molar-refractivity contribution in [3.63, 3.8) is 0 Å². The molecule has 1 amide bonds. The van der Waals surface area contributed by atoms with E-state index in [0.717, 1.165) is 18.5 Å². The van der Waals surface area contributed by atoms with E-state index < -0.39 is 0 Å². The number of aryl methyl sites for hydroxylation is 1. The first-order valence-corrected chi connectivity index (χ1v) is 6.46. The molecule has 3 heteroatoms. The molecule has 2 nitrogen and oxygen atoms in total. The van der Waals surface area contributed by atoms with Crippen LogP contribution in [0.2, 0.25) is 0 Å². The Morgan fingerprint density at radius 2 is 2.25 bits per heavy atom. The molecule has 1 rings (SSSR count). The molecule has 1 unspecified atom stereocenters. The van der Waals surface area contributed by atoms with E-state index >= 15 is 0 Å². The lowest BCUT2D eigenvalue weighted by Gasteiger charge is -2.06. The zero-order valence-electron chi connectivity index (χ0n) is 9.79. The van der Waals surface area contributed by atoms with Crippen molar-refractivity contribution < 1.29 is 4.79 Å². The lowest BCUT2D eigenvalue weighted by atomic mass is 10.1. The van der Waals surface area contributed by atoms with Crippen molar-refractivity contribution in [2.45, 2.75) is 31.5 Å². The largest absolute Gasteiger partial charge is 0.356 e. The molecular weight excluding hydrogens is 266 g/mol. The van der Waals surface area contributed by atoms with Crippen LogP contribution in [-0.2, 0) is 11.2 Å². The molecule has 0 radical (unpaired) electrons. The molecule has 0 aliphatic rings. The predicted octanol–water partition coefficient (Wildman–Crippen LogP) is 2.83. The number of hydrogen-bond donors (Lipinski definition) is 1. The first-order valence-electron chi connectivity index (χ1n) is 5.54. The fraction of sp³-hybridized carbons (Fsp3) is 0.462. The molecule has 1 N–H and O–H groups in total. The summed E-state index contributed by atoms with van der Waals surface area (Å²) in [7, 11) is 0. The Labute approximate surface area is 106 Å². The Bertz CT molecular complexity index is 350. The minimum atomic E-state index is 0.0961. The highest BCUT2D eigenvalue weighted by Crippen LogP contribution is 2.05. The van der Waals surface area contributed by atoms with Crippen LogP contribution >= 0.6 is 15.9 Å². The molecule has 0 aliphatic carbocycles. The van der Waals surface area contributed by atoms with Gasteiger partial charge in [0.2, 0.25) is 5.91 Å². The van der Waals surface area contributed by atoms with Gasteiger partial charge in [-0.15, -0.1) is 0 Å². The first kappa shape index (κ1) is 13.2. The van der Waals surface area contributed by atoms with Crippen LogP contribution in [0.4, 0.5) is 0 Å². The molecule has 0 saturated heterocycles. The standard InChI is InChI=1S/C13H18BrNO/c1-10-4-3-5-12(8-10)9-13(16)15-7-6-11(2)14/h3-5,8,11H,6-7,9H2,1-2H3,(H,15,16). The Balaban J connectivity index is 2.34. The van der Waals surface area contributed by atoms with Crippen LogP contribution in [0.25, 0.3) is 0 Å². The van der Waals surface area contributed by atoms with Gasteiger partial charge in [-0.1, -0.05) is 52.7 Å². The summed E-state index contributed by atoms with van der Waals surface area (Å²) in [5.74, 6) is 0.0961. The second-order valence-electron chi connectivity index (χ2n) is 4.09. The Kier molecular flexibility index (Phi) is 5.53. The highest BCUT2D eigenvalue weighted by atomic mass is 79.9. The van der Waals surface area contributed by atoms with E-state index in [4.69, 9.17) is 0 Å². The van der Waals surface area contributed by atoms with Gasteiger partial charge < -0.3 is 5.32 Å². The zero-order chi connectivity index (χ0) is 12.0. The monoisotopic (exact) mass is 283 g/mol. The van der Waals surface area contributed by atoms with Gasteiger partial charge in [0, 0.05) is 11.4 Å². The van der Waals surface area contributed by atoms with Crippen LogP contribution in [0.5, 0.6) is 0 Å². The van der Waals surface area contributed by atoms with E-state index in [-0.39, 0.29) is 5.91 Å². The molecule has 0 bridgehead atoms. The van der Waals surface area contributed by atoms with Crippen LogP contribution < -0.4 is 5.32 Å². The number of halogens is 1. The second-order valence-corrected chi connectivity index (χ2v) is 5.65. The van der Waals surface area contributed by atoms with Crippen LogP contribution in [0, 0.1) is 6.92 Å². The average Bonchev–Trinajstić information content (AvgIpc) is 2.16. The fourth-order valence-electron chi connectivity index (χ4n) is 1.48. The molecule has 0 saturated carbocycles. The van der Waals surface area contributed by atoms with Gasteiger partial charge >= 0.3 is 0 Å². The highest BCUT2D eigenvalue weighted by molar-refractivity contribution is 9.09. The van der Waals surface area contributed by atoms with Gasteiger partial charge in [-0.2, -0.15) is 0 Å². The summed E-state index contributed by atoms with van der Waals surface area (Å²) in [4.78, 5) is 12.0. The Hall–Kier alpha value is -0.830. The quantitative estimate of drug-likeness (QED) is 0.828. The number of hydrogen-bond acceptors (Lipinski definition) is 1. The third kappa shape index (κ3) is 5.31. The van der Waals surface area contributed by atoms with Crippen molar-refractivity contribution in [1.82, 2.24) is 5.32 Å². The van der Waals surface area contributed by atoms with E-state index in [1.54, 1.807) is 0 Å². The molecule has 0 heterocycles. The van der Waals surface area contributed by atoms with E-state index in [1.807, 2.05) is 31.2 Å². The normalized spacial score (nSPS) is 12.2. The van der Waals surface area contributed by atoms with Crippen LogP contribution in [-0.4, -0.2) is 17.3 Å². The number of amides is 1. The molecule has 0 fully saturated rings. The van der Waals surface area contributed by atoms with Crippen molar-refractivity contribution in [2.24, 2.45) is 0 Å². The number of alkyl halides is 1. The van der Waals surface area contributed by atoms with E-state index in [2.05, 4.69) is 28.2 Å². The molecule has 1 aromatic carbocycles. The summed E-state index contributed by atoms with van der Waals surface area (Å²) in [5, 5.41) is 2.91. The zero-order valence-corrected chi connectivity index (χ0v) is 11.4. The molecule has 1 atom stereocenters. The van der Waals surface area contributed by atoms with Gasteiger partial charge in [-0.3, -0.25) is 4.79 Å². The predicted molar refractivity (Wildman–Crippen MR) is 70.9 cm³/mol. The molecule has 88 valence electrons. The third-order valence-electron chi connectivity index (χ3n) is 2.31. The van der Waals surface area contributed by atoms with Gasteiger partial charge in [0.25, 0.3) is 0 Å². The highest BCUT2D eigenvalue weighted by Gasteiger charge is 2.03. The third-order valence-corrected chi connectivity index (χ3v) is 2.77. The van der Waals surface area contributed by atoms with Crippen LogP contribution in [0.3, 0.4) is 0 Å². The van der Waals surface area contributed by atoms with Gasteiger partial charge in [0.1, 0.15) is 0 Å². The molecule has 1 aromatic rings. The Morgan fingerprint density at radius 3 is 2.88 bits per heavy atom. The lowest BCUT2D eigenvalue weighted by Crippen LogP contribution is -2.27. The minimum absolute atomic E-state index is 0.0961. The van der Waals surface area contributed by atoms with Crippen molar-refractivity contribution in [1.29, 1.82) is 0 Å². The SMILES string of the molecule is Cc1cccc(CC(=O)NCCC(C)Br)c1. The van der Waals surface area contributed by atoms with Crippen molar-refractivity contribution in [2.75, 3.05) is 6.54 Å². The summed E-state index contributed by atoms with van der Waals surface area (Å²) in [6.45, 7) is 4.84. The van der Waals surface area contributed by atoms with E-state index in [9.17, 15) is 4.79 Å². The summed E-state index contributed by atoms with van der Waals surface area (Å²) in [6, 6.07) is 8.05. The average molecular weight is 284 g/mol. The maximum Gasteiger partial charge on any atom is 0.224 e. The number of carbonyl (C=O) groups excluding carboxylic acids is 1. The van der Waals surface area contributed by atoms with Crippen LogP contribution in [0.15, 0.2) is 24.3 Å².